The van der Waals surface area contributed by atoms with Gasteiger partial charge in [0.2, 0.25) is 10.0 Å². The number of hydrogen-bond donors (Lipinski definition) is 1. The van der Waals surface area contributed by atoms with Gasteiger partial charge in [-0.25, -0.2) is 26.5 Å². The third kappa shape index (κ3) is 4.80. The molecule has 1 amide bonds. The molecule has 0 radical (unpaired) electrons. The third-order valence-corrected chi connectivity index (χ3v) is 5.37. The molecule has 6 nitrogen and oxygen atoms in total. The molecular formula is C21H19F2N3O3S. The minimum atomic E-state index is -3.75. The molecule has 0 saturated carbocycles. The summed E-state index contributed by atoms with van der Waals surface area (Å²) in [7, 11) is -3.75. The Balaban J connectivity index is 1.94. The molecule has 0 aliphatic carbocycles. The van der Waals surface area contributed by atoms with E-state index in [0.29, 0.717) is 5.69 Å². The van der Waals surface area contributed by atoms with Crippen molar-refractivity contribution in [3.63, 3.8) is 0 Å². The van der Waals surface area contributed by atoms with Crippen LogP contribution in [0.5, 0.6) is 0 Å². The van der Waals surface area contributed by atoms with Crippen LogP contribution in [0.25, 0.3) is 0 Å². The lowest BCUT2D eigenvalue weighted by Crippen LogP contribution is -2.26. The minimum absolute atomic E-state index is 0.0275. The van der Waals surface area contributed by atoms with Crippen LogP contribution in [0.15, 0.2) is 60.8 Å². The molecule has 1 heterocycles. The monoisotopic (exact) mass is 431 g/mol. The Morgan fingerprint density at radius 1 is 1.03 bits per heavy atom. The van der Waals surface area contributed by atoms with Crippen molar-refractivity contribution in [1.29, 1.82) is 0 Å². The number of nitrogens with zero attached hydrogens (tertiary/aromatic N) is 2. The molecule has 0 spiro atoms. The van der Waals surface area contributed by atoms with Crippen molar-refractivity contribution in [3.05, 3.63) is 83.6 Å². The number of aromatic nitrogens is 1. The van der Waals surface area contributed by atoms with Crippen LogP contribution in [0.1, 0.15) is 22.8 Å². The van der Waals surface area contributed by atoms with Crippen LogP contribution < -0.4 is 9.62 Å². The molecule has 2 aromatic carbocycles. The smallest absolute Gasteiger partial charge is 0.255 e. The fourth-order valence-corrected chi connectivity index (χ4v) is 3.75. The Hall–Kier alpha value is -3.33. The summed E-state index contributed by atoms with van der Waals surface area (Å²) >= 11 is 0. The summed E-state index contributed by atoms with van der Waals surface area (Å²) in [5.41, 5.74) is 1.58. The highest BCUT2D eigenvalue weighted by molar-refractivity contribution is 7.92. The van der Waals surface area contributed by atoms with Crippen LogP contribution >= 0.6 is 0 Å². The Bertz CT molecular complexity index is 1180. The van der Waals surface area contributed by atoms with Crippen molar-refractivity contribution < 1.29 is 22.0 Å². The van der Waals surface area contributed by atoms with Crippen LogP contribution in [-0.2, 0) is 16.4 Å². The second-order valence-electron chi connectivity index (χ2n) is 6.53. The highest BCUT2D eigenvalue weighted by atomic mass is 32.2. The van der Waals surface area contributed by atoms with Gasteiger partial charge in [0.15, 0.2) is 11.6 Å². The lowest BCUT2D eigenvalue weighted by atomic mass is 10.1. The van der Waals surface area contributed by atoms with Gasteiger partial charge in [0.1, 0.15) is 5.82 Å². The van der Waals surface area contributed by atoms with Gasteiger partial charge in [-0.2, -0.15) is 0 Å². The van der Waals surface area contributed by atoms with Gasteiger partial charge in [0, 0.05) is 23.5 Å². The van der Waals surface area contributed by atoms with E-state index in [1.807, 2.05) is 19.1 Å². The SMILES string of the molecule is CCc1ccc(N(c2cc(C(=O)Nc3ccc(F)c(F)c3)ccn2)S(C)(=O)=O)cc1. The second-order valence-corrected chi connectivity index (χ2v) is 8.36. The Morgan fingerprint density at radius 3 is 2.33 bits per heavy atom. The number of nitrogens with one attached hydrogen (secondary N) is 1. The van der Waals surface area contributed by atoms with Crippen LogP contribution in [0.2, 0.25) is 0 Å². The van der Waals surface area contributed by atoms with E-state index in [2.05, 4.69) is 10.3 Å². The molecule has 0 aliphatic rings. The van der Waals surface area contributed by atoms with Gasteiger partial charge in [-0.05, 0) is 48.4 Å². The third-order valence-electron chi connectivity index (χ3n) is 4.30. The van der Waals surface area contributed by atoms with E-state index in [4.69, 9.17) is 0 Å². The lowest BCUT2D eigenvalue weighted by Gasteiger charge is -2.22. The fourth-order valence-electron chi connectivity index (χ4n) is 2.81. The van der Waals surface area contributed by atoms with E-state index in [1.54, 1.807) is 12.1 Å². The predicted octanol–water partition coefficient (Wildman–Crippen LogP) is 4.27. The van der Waals surface area contributed by atoms with Gasteiger partial charge in [-0.1, -0.05) is 19.1 Å². The Morgan fingerprint density at radius 2 is 1.73 bits per heavy atom. The van der Waals surface area contributed by atoms with Crippen LogP contribution in [-0.4, -0.2) is 25.6 Å². The standard InChI is InChI=1S/C21H19F2N3O3S/c1-3-14-4-7-17(8-5-14)26(30(2,28)29)20-12-15(10-11-24-20)21(27)25-16-6-9-18(22)19(23)13-16/h4-13H,3H2,1-2H3,(H,25,27). The largest absolute Gasteiger partial charge is 0.322 e. The summed E-state index contributed by atoms with van der Waals surface area (Å²) in [4.78, 5) is 16.6. The number of hydrogen-bond acceptors (Lipinski definition) is 4. The molecule has 3 rings (SSSR count). The van der Waals surface area contributed by atoms with Crippen molar-refractivity contribution >= 4 is 33.1 Å². The molecule has 156 valence electrons. The number of rotatable bonds is 6. The summed E-state index contributed by atoms with van der Waals surface area (Å²) in [6.07, 6.45) is 3.14. The summed E-state index contributed by atoms with van der Waals surface area (Å²) in [5.74, 6) is -2.72. The number of halogens is 2. The molecule has 0 aliphatic heterocycles. The topological polar surface area (TPSA) is 79.4 Å². The first kappa shape index (κ1) is 21.4. The molecule has 0 atom stereocenters. The maximum Gasteiger partial charge on any atom is 0.255 e. The normalized spacial score (nSPS) is 11.2. The minimum Gasteiger partial charge on any atom is -0.322 e. The summed E-state index contributed by atoms with van der Waals surface area (Å²) in [6, 6.07) is 12.6. The Kier molecular flexibility index (Phi) is 6.12. The number of amides is 1. The maximum atomic E-state index is 13.4. The van der Waals surface area contributed by atoms with E-state index in [-0.39, 0.29) is 17.1 Å². The number of aryl methyl sites for hydroxylation is 1. The number of sulfonamides is 1. The van der Waals surface area contributed by atoms with Crippen molar-refractivity contribution in [2.45, 2.75) is 13.3 Å². The van der Waals surface area contributed by atoms with Gasteiger partial charge >= 0.3 is 0 Å². The quantitative estimate of drug-likeness (QED) is 0.632. The van der Waals surface area contributed by atoms with Crippen molar-refractivity contribution in [2.24, 2.45) is 0 Å². The summed E-state index contributed by atoms with van der Waals surface area (Å²) < 4.78 is 52.3. The lowest BCUT2D eigenvalue weighted by molar-refractivity contribution is 0.102. The molecule has 9 heteroatoms. The van der Waals surface area contributed by atoms with E-state index >= 15 is 0 Å². The van der Waals surface area contributed by atoms with Gasteiger partial charge in [-0.15, -0.1) is 0 Å². The molecule has 0 fully saturated rings. The van der Waals surface area contributed by atoms with Crippen molar-refractivity contribution in [2.75, 3.05) is 15.9 Å². The first-order valence-electron chi connectivity index (χ1n) is 9.00. The molecular weight excluding hydrogens is 412 g/mol. The van der Waals surface area contributed by atoms with Crippen LogP contribution in [0.3, 0.4) is 0 Å². The predicted molar refractivity (Wildman–Crippen MR) is 111 cm³/mol. The summed E-state index contributed by atoms with van der Waals surface area (Å²) in [5, 5.41) is 2.44. The highest BCUT2D eigenvalue weighted by Gasteiger charge is 2.22. The molecule has 1 N–H and O–H groups in total. The van der Waals surface area contributed by atoms with Crippen molar-refractivity contribution in [1.82, 2.24) is 4.98 Å². The zero-order valence-corrected chi connectivity index (χ0v) is 17.1. The van der Waals surface area contributed by atoms with Gasteiger partial charge in [0.25, 0.3) is 5.91 Å². The first-order chi connectivity index (χ1) is 14.2. The number of carbonyl (C=O) groups excluding carboxylic acids is 1. The van der Waals surface area contributed by atoms with Crippen LogP contribution in [0, 0.1) is 11.6 Å². The van der Waals surface area contributed by atoms with Gasteiger partial charge in [0.05, 0.1) is 11.9 Å². The Labute approximate surface area is 173 Å². The zero-order valence-electron chi connectivity index (χ0n) is 16.3. The average molecular weight is 431 g/mol. The van der Waals surface area contributed by atoms with E-state index in [1.165, 1.54) is 24.4 Å². The molecule has 30 heavy (non-hydrogen) atoms. The summed E-state index contributed by atoms with van der Waals surface area (Å²) in [6.45, 7) is 1.99. The van der Waals surface area contributed by atoms with E-state index in [9.17, 15) is 22.0 Å². The van der Waals surface area contributed by atoms with E-state index in [0.717, 1.165) is 34.7 Å². The highest BCUT2D eigenvalue weighted by Crippen LogP contribution is 2.28. The number of anilines is 3. The van der Waals surface area contributed by atoms with E-state index < -0.39 is 27.6 Å². The fraction of sp³-hybridized carbons (Fsp3) is 0.143. The first-order valence-corrected chi connectivity index (χ1v) is 10.9. The van der Waals surface area contributed by atoms with Gasteiger partial charge < -0.3 is 5.32 Å². The van der Waals surface area contributed by atoms with Crippen LogP contribution in [0.4, 0.5) is 26.0 Å². The number of pyridine rings is 1. The molecule has 1 aromatic heterocycles. The number of benzene rings is 2. The molecule has 0 bridgehead atoms. The molecule has 0 unspecified atom stereocenters. The zero-order chi connectivity index (χ0) is 21.9. The van der Waals surface area contributed by atoms with Gasteiger partial charge in [-0.3, -0.25) is 4.79 Å². The van der Waals surface area contributed by atoms with Crippen molar-refractivity contribution in [3.8, 4) is 0 Å². The number of carbonyl (C=O) groups is 1. The molecule has 0 saturated heterocycles. The maximum absolute atomic E-state index is 13.4. The average Bonchev–Trinajstić information content (AvgIpc) is 2.70. The molecule has 3 aromatic rings. The second kappa shape index (κ2) is 8.58.